The van der Waals surface area contributed by atoms with Crippen LogP contribution >= 0.6 is 0 Å². The van der Waals surface area contributed by atoms with Crippen LogP contribution < -0.4 is 9.80 Å². The number of rotatable bonds is 2. The van der Waals surface area contributed by atoms with E-state index >= 15 is 0 Å². The number of hydrogen-bond donors (Lipinski definition) is 0. The monoisotopic (exact) mass is 342 g/mol. The van der Waals surface area contributed by atoms with Gasteiger partial charge in [0.05, 0.1) is 12.1 Å². The first-order chi connectivity index (χ1) is 12.1. The zero-order valence-corrected chi connectivity index (χ0v) is 13.4. The van der Waals surface area contributed by atoms with Crippen LogP contribution in [0.5, 0.6) is 0 Å². The zero-order chi connectivity index (χ0) is 17.6. The van der Waals surface area contributed by atoms with Crippen LogP contribution in [-0.2, 0) is 16.0 Å². The van der Waals surface area contributed by atoms with Crippen molar-refractivity contribution in [3.05, 3.63) is 59.7 Å². The Morgan fingerprint density at radius 1 is 1.00 bits per heavy atom. The SMILES string of the molecule is O=C1CC(N2CCCc3ccccc32)C(=O)N1c1ccc(F)c(F)c1. The molecule has 2 aliphatic heterocycles. The minimum absolute atomic E-state index is 0.0339. The van der Waals surface area contributed by atoms with E-state index in [0.29, 0.717) is 6.54 Å². The molecule has 0 aromatic heterocycles. The maximum Gasteiger partial charge on any atom is 0.256 e. The summed E-state index contributed by atoms with van der Waals surface area (Å²) in [5.74, 6) is -2.88. The molecule has 6 heteroatoms. The van der Waals surface area contributed by atoms with Crippen molar-refractivity contribution in [3.8, 4) is 0 Å². The van der Waals surface area contributed by atoms with Crippen molar-refractivity contribution in [2.75, 3.05) is 16.3 Å². The van der Waals surface area contributed by atoms with Gasteiger partial charge in [0.25, 0.3) is 5.91 Å². The number of para-hydroxylation sites is 1. The van der Waals surface area contributed by atoms with Gasteiger partial charge in [0.2, 0.25) is 5.91 Å². The van der Waals surface area contributed by atoms with Crippen molar-refractivity contribution in [1.82, 2.24) is 0 Å². The summed E-state index contributed by atoms with van der Waals surface area (Å²) in [5, 5.41) is 0. The molecular weight excluding hydrogens is 326 g/mol. The van der Waals surface area contributed by atoms with Gasteiger partial charge in [-0.25, -0.2) is 13.7 Å². The predicted octanol–water partition coefficient (Wildman–Crippen LogP) is 3.05. The number of halogens is 2. The van der Waals surface area contributed by atoms with Crippen LogP contribution in [0.4, 0.5) is 20.2 Å². The van der Waals surface area contributed by atoms with E-state index in [-0.39, 0.29) is 12.1 Å². The zero-order valence-electron chi connectivity index (χ0n) is 13.4. The van der Waals surface area contributed by atoms with Gasteiger partial charge in [-0.3, -0.25) is 9.59 Å². The third-order valence-corrected chi connectivity index (χ3v) is 4.81. The molecule has 2 aromatic rings. The third-order valence-electron chi connectivity index (χ3n) is 4.81. The Kier molecular flexibility index (Phi) is 3.75. The molecule has 0 N–H and O–H groups in total. The number of hydrogen-bond acceptors (Lipinski definition) is 3. The van der Waals surface area contributed by atoms with Gasteiger partial charge in [-0.2, -0.15) is 0 Å². The summed E-state index contributed by atoms with van der Waals surface area (Å²) in [6.07, 6.45) is 1.88. The Bertz CT molecular complexity index is 868. The number of nitrogens with zero attached hydrogens (tertiary/aromatic N) is 2. The maximum atomic E-state index is 13.5. The fourth-order valence-electron chi connectivity index (χ4n) is 3.64. The Balaban J connectivity index is 1.67. The molecule has 1 saturated heterocycles. The van der Waals surface area contributed by atoms with Gasteiger partial charge in [0, 0.05) is 18.3 Å². The molecule has 1 unspecified atom stereocenters. The predicted molar refractivity (Wildman–Crippen MR) is 89.4 cm³/mol. The number of aryl methyl sites for hydroxylation is 1. The van der Waals surface area contributed by atoms with E-state index in [1.807, 2.05) is 29.2 Å². The maximum absolute atomic E-state index is 13.5. The van der Waals surface area contributed by atoms with Crippen molar-refractivity contribution < 1.29 is 18.4 Å². The van der Waals surface area contributed by atoms with Crippen LogP contribution in [0.2, 0.25) is 0 Å². The topological polar surface area (TPSA) is 40.6 Å². The van der Waals surface area contributed by atoms with Crippen LogP contribution in [0, 0.1) is 11.6 Å². The lowest BCUT2D eigenvalue weighted by atomic mass is 9.99. The summed E-state index contributed by atoms with van der Waals surface area (Å²) in [6, 6.07) is 10.3. The third kappa shape index (κ3) is 2.58. The summed E-state index contributed by atoms with van der Waals surface area (Å²) >= 11 is 0. The number of anilines is 2. The molecule has 1 atom stereocenters. The standard InChI is InChI=1S/C19H16F2N2O2/c20-14-8-7-13(10-15(14)21)23-18(24)11-17(19(23)25)22-9-3-5-12-4-1-2-6-16(12)22/h1-2,4,6-8,10,17H,3,5,9,11H2. The van der Waals surface area contributed by atoms with E-state index in [9.17, 15) is 18.4 Å². The van der Waals surface area contributed by atoms with Gasteiger partial charge in [0.1, 0.15) is 6.04 Å². The molecule has 0 radical (unpaired) electrons. The summed E-state index contributed by atoms with van der Waals surface area (Å²) < 4.78 is 26.6. The summed E-state index contributed by atoms with van der Waals surface area (Å²) in [5.41, 5.74) is 2.19. The van der Waals surface area contributed by atoms with Gasteiger partial charge in [-0.05, 0) is 36.6 Å². The highest BCUT2D eigenvalue weighted by atomic mass is 19.2. The second-order valence-electron chi connectivity index (χ2n) is 6.31. The molecule has 2 amide bonds. The molecule has 2 heterocycles. The fourth-order valence-corrected chi connectivity index (χ4v) is 3.64. The van der Waals surface area contributed by atoms with Crippen LogP contribution in [0.3, 0.4) is 0 Å². The number of benzene rings is 2. The van der Waals surface area contributed by atoms with Crippen LogP contribution in [0.25, 0.3) is 0 Å². The number of imide groups is 1. The Hall–Kier alpha value is -2.76. The highest BCUT2D eigenvalue weighted by Gasteiger charge is 2.43. The van der Waals surface area contributed by atoms with Gasteiger partial charge < -0.3 is 4.90 Å². The Morgan fingerprint density at radius 2 is 1.80 bits per heavy atom. The van der Waals surface area contributed by atoms with Crippen molar-refractivity contribution in [3.63, 3.8) is 0 Å². The number of amides is 2. The second-order valence-corrected chi connectivity index (χ2v) is 6.31. The number of carbonyl (C=O) groups is 2. The summed E-state index contributed by atoms with van der Waals surface area (Å²) in [7, 11) is 0. The molecule has 2 aliphatic rings. The normalized spacial score (nSPS) is 20.2. The number of fused-ring (bicyclic) bond motifs is 1. The average Bonchev–Trinajstić information content (AvgIpc) is 2.91. The summed E-state index contributed by atoms with van der Waals surface area (Å²) in [4.78, 5) is 28.2. The van der Waals surface area contributed by atoms with E-state index in [1.165, 1.54) is 6.07 Å². The fraction of sp³-hybridized carbons (Fsp3) is 0.263. The number of carbonyl (C=O) groups excluding carboxylic acids is 2. The molecule has 0 bridgehead atoms. The minimum atomic E-state index is -1.08. The van der Waals surface area contributed by atoms with Gasteiger partial charge in [0.15, 0.2) is 11.6 Å². The largest absolute Gasteiger partial charge is 0.359 e. The van der Waals surface area contributed by atoms with Crippen molar-refractivity contribution in [2.45, 2.75) is 25.3 Å². The minimum Gasteiger partial charge on any atom is -0.359 e. The highest BCUT2D eigenvalue weighted by Crippen LogP contribution is 2.33. The van der Waals surface area contributed by atoms with Crippen molar-refractivity contribution in [2.24, 2.45) is 0 Å². The molecule has 1 fully saturated rings. The van der Waals surface area contributed by atoms with Crippen molar-refractivity contribution in [1.29, 1.82) is 0 Å². The molecule has 128 valence electrons. The van der Waals surface area contributed by atoms with Crippen LogP contribution in [-0.4, -0.2) is 24.4 Å². The van der Waals surface area contributed by atoms with E-state index in [4.69, 9.17) is 0 Å². The highest BCUT2D eigenvalue weighted by molar-refractivity contribution is 6.23. The Morgan fingerprint density at radius 3 is 2.60 bits per heavy atom. The van der Waals surface area contributed by atoms with Gasteiger partial charge >= 0.3 is 0 Å². The van der Waals surface area contributed by atoms with Crippen LogP contribution in [0.1, 0.15) is 18.4 Å². The molecule has 2 aromatic carbocycles. The van der Waals surface area contributed by atoms with Gasteiger partial charge in [-0.1, -0.05) is 18.2 Å². The average molecular weight is 342 g/mol. The van der Waals surface area contributed by atoms with Gasteiger partial charge in [-0.15, -0.1) is 0 Å². The Labute approximate surface area is 143 Å². The lowest BCUT2D eigenvalue weighted by Gasteiger charge is -2.34. The van der Waals surface area contributed by atoms with E-state index in [0.717, 1.165) is 41.1 Å². The lowest BCUT2D eigenvalue weighted by Crippen LogP contribution is -2.44. The molecular formula is C19H16F2N2O2. The van der Waals surface area contributed by atoms with E-state index in [2.05, 4.69) is 0 Å². The smallest absolute Gasteiger partial charge is 0.256 e. The first-order valence-electron chi connectivity index (χ1n) is 8.22. The molecule has 0 spiro atoms. The van der Waals surface area contributed by atoms with E-state index in [1.54, 1.807) is 0 Å². The molecule has 4 nitrogen and oxygen atoms in total. The second kappa shape index (κ2) is 5.95. The van der Waals surface area contributed by atoms with Crippen LogP contribution in [0.15, 0.2) is 42.5 Å². The van der Waals surface area contributed by atoms with Crippen molar-refractivity contribution >= 4 is 23.2 Å². The lowest BCUT2D eigenvalue weighted by molar-refractivity contribution is -0.121. The molecule has 4 rings (SSSR count). The summed E-state index contributed by atoms with van der Waals surface area (Å²) in [6.45, 7) is 0.687. The molecule has 25 heavy (non-hydrogen) atoms. The molecule has 0 saturated carbocycles. The quantitative estimate of drug-likeness (QED) is 0.788. The first kappa shape index (κ1) is 15.7. The molecule has 0 aliphatic carbocycles. The van der Waals surface area contributed by atoms with E-state index < -0.39 is 29.5 Å². The first-order valence-corrected chi connectivity index (χ1v) is 8.22.